The van der Waals surface area contributed by atoms with Crippen molar-refractivity contribution in [1.82, 2.24) is 5.32 Å². The summed E-state index contributed by atoms with van der Waals surface area (Å²) in [5, 5.41) is 13.8. The van der Waals surface area contributed by atoms with E-state index in [4.69, 9.17) is 21.7 Å². The Bertz CT molecular complexity index is 889. The van der Waals surface area contributed by atoms with Crippen molar-refractivity contribution in [2.24, 2.45) is 0 Å². The van der Waals surface area contributed by atoms with Crippen molar-refractivity contribution in [3.63, 3.8) is 0 Å². The highest BCUT2D eigenvalue weighted by atomic mass is 79.9. The fourth-order valence-corrected chi connectivity index (χ4v) is 3.57. The molecule has 0 bridgehead atoms. The zero-order chi connectivity index (χ0) is 18.5. The number of halogens is 1. The van der Waals surface area contributed by atoms with Gasteiger partial charge in [0.1, 0.15) is 23.3 Å². The monoisotopic (exact) mass is 452 g/mol. The number of hydrogen-bond donors (Lipinski definition) is 1. The minimum absolute atomic E-state index is 0.218. The standard InChI is InChI=1S/C17H13BrN2O4S2/c18-12-3-4-14(11(8-12)9-15-16(21)19-17(25)26-15)24-7-6-23-13-2-1-5-20(22)10-13/h1-5,8-10H,6-7H2,(H,19,21,25)/b15-9-. The van der Waals surface area contributed by atoms with Crippen LogP contribution in [0.15, 0.2) is 52.1 Å². The van der Waals surface area contributed by atoms with Gasteiger partial charge in [0.05, 0.1) is 4.91 Å². The second kappa shape index (κ2) is 8.52. The number of benzene rings is 1. The molecule has 0 spiro atoms. The van der Waals surface area contributed by atoms with Gasteiger partial charge in [-0.1, -0.05) is 39.9 Å². The lowest BCUT2D eigenvalue weighted by atomic mass is 10.2. The molecule has 9 heteroatoms. The van der Waals surface area contributed by atoms with Gasteiger partial charge >= 0.3 is 0 Å². The molecular formula is C17H13BrN2O4S2. The van der Waals surface area contributed by atoms with E-state index in [1.807, 2.05) is 12.1 Å². The van der Waals surface area contributed by atoms with Crippen LogP contribution in [-0.4, -0.2) is 23.4 Å². The molecule has 1 aliphatic heterocycles. The van der Waals surface area contributed by atoms with E-state index in [0.717, 1.165) is 10.0 Å². The third kappa shape index (κ3) is 4.96. The van der Waals surface area contributed by atoms with Crippen molar-refractivity contribution in [1.29, 1.82) is 0 Å². The van der Waals surface area contributed by atoms with Gasteiger partial charge in [0.15, 0.2) is 11.9 Å². The van der Waals surface area contributed by atoms with Crippen molar-refractivity contribution in [3.8, 4) is 11.5 Å². The fraction of sp³-hybridized carbons (Fsp3) is 0.118. The maximum absolute atomic E-state index is 11.8. The summed E-state index contributed by atoms with van der Waals surface area (Å²) in [5.74, 6) is 0.864. The second-order valence-corrected chi connectivity index (χ2v) is 7.77. The molecule has 0 atom stereocenters. The molecule has 1 saturated heterocycles. The zero-order valence-electron chi connectivity index (χ0n) is 13.3. The highest BCUT2D eigenvalue weighted by Crippen LogP contribution is 2.31. The number of pyridine rings is 1. The van der Waals surface area contributed by atoms with Gasteiger partial charge in [-0.05, 0) is 30.3 Å². The Morgan fingerprint density at radius 2 is 2.12 bits per heavy atom. The smallest absolute Gasteiger partial charge is 0.263 e. The normalized spacial score (nSPS) is 15.2. The lowest BCUT2D eigenvalue weighted by molar-refractivity contribution is -0.605. The first-order valence-corrected chi connectivity index (χ1v) is 9.52. The zero-order valence-corrected chi connectivity index (χ0v) is 16.5. The number of nitrogens with one attached hydrogen (secondary N) is 1. The molecule has 2 aromatic rings. The van der Waals surface area contributed by atoms with Crippen molar-refractivity contribution in [3.05, 3.63) is 62.9 Å². The maximum atomic E-state index is 11.8. The molecule has 0 aliphatic carbocycles. The summed E-state index contributed by atoms with van der Waals surface area (Å²) in [6.45, 7) is 0.554. The quantitative estimate of drug-likeness (QED) is 0.238. The number of nitrogens with zero attached hydrogens (tertiary/aromatic N) is 1. The van der Waals surface area contributed by atoms with Crippen LogP contribution in [0.5, 0.6) is 11.5 Å². The predicted octanol–water partition coefficient (Wildman–Crippen LogP) is 3.03. The molecule has 3 rings (SSSR count). The van der Waals surface area contributed by atoms with Gasteiger partial charge in [0.2, 0.25) is 6.20 Å². The summed E-state index contributed by atoms with van der Waals surface area (Å²) in [6, 6.07) is 8.82. The first kappa shape index (κ1) is 18.7. The van der Waals surface area contributed by atoms with E-state index in [2.05, 4.69) is 21.2 Å². The Balaban J connectivity index is 1.65. The molecular weight excluding hydrogens is 440 g/mol. The van der Waals surface area contributed by atoms with E-state index in [1.165, 1.54) is 24.2 Å². The number of carbonyl (C=O) groups is 1. The van der Waals surface area contributed by atoms with Crippen LogP contribution < -0.4 is 19.5 Å². The highest BCUT2D eigenvalue weighted by Gasteiger charge is 2.22. The average molecular weight is 453 g/mol. The topological polar surface area (TPSA) is 74.5 Å². The van der Waals surface area contributed by atoms with Crippen LogP contribution in [0, 0.1) is 5.21 Å². The summed E-state index contributed by atoms with van der Waals surface area (Å²) in [6.07, 6.45) is 4.46. The third-order valence-corrected chi connectivity index (χ3v) is 4.91. The van der Waals surface area contributed by atoms with Gasteiger partial charge in [-0.15, -0.1) is 0 Å². The van der Waals surface area contributed by atoms with Crippen molar-refractivity contribution >= 4 is 56.2 Å². The molecule has 1 N–H and O–H groups in total. The van der Waals surface area contributed by atoms with Crippen molar-refractivity contribution < 1.29 is 19.0 Å². The van der Waals surface area contributed by atoms with Gasteiger partial charge in [-0.3, -0.25) is 4.79 Å². The molecule has 1 fully saturated rings. The number of thiocarbonyl (C=S) groups is 1. The first-order chi connectivity index (χ1) is 12.5. The molecule has 1 aromatic heterocycles. The van der Waals surface area contributed by atoms with E-state index in [0.29, 0.717) is 25.5 Å². The Morgan fingerprint density at radius 1 is 1.31 bits per heavy atom. The Morgan fingerprint density at radius 3 is 2.85 bits per heavy atom. The summed E-state index contributed by atoms with van der Waals surface area (Å²) in [7, 11) is 0. The number of aromatic nitrogens is 1. The minimum atomic E-state index is -0.218. The van der Waals surface area contributed by atoms with Crippen LogP contribution in [0.25, 0.3) is 6.08 Å². The molecule has 1 aliphatic rings. The molecule has 2 heterocycles. The Kier molecular flexibility index (Phi) is 6.12. The first-order valence-electron chi connectivity index (χ1n) is 7.50. The van der Waals surface area contributed by atoms with Crippen LogP contribution in [0.1, 0.15) is 5.56 Å². The van der Waals surface area contributed by atoms with Crippen LogP contribution >= 0.6 is 39.9 Å². The largest absolute Gasteiger partial charge is 0.619 e. The summed E-state index contributed by atoms with van der Waals surface area (Å²) in [4.78, 5) is 12.4. The lowest BCUT2D eigenvalue weighted by Crippen LogP contribution is -2.24. The fourth-order valence-electron chi connectivity index (χ4n) is 2.16. The second-order valence-electron chi connectivity index (χ2n) is 5.13. The number of carbonyl (C=O) groups excluding carboxylic acids is 1. The summed E-state index contributed by atoms with van der Waals surface area (Å²) >= 11 is 9.63. The van der Waals surface area contributed by atoms with E-state index >= 15 is 0 Å². The van der Waals surface area contributed by atoms with Gasteiger partial charge in [-0.2, -0.15) is 4.73 Å². The van der Waals surface area contributed by atoms with Crippen molar-refractivity contribution in [2.45, 2.75) is 0 Å². The molecule has 0 saturated carbocycles. The number of rotatable bonds is 6. The minimum Gasteiger partial charge on any atom is -0.619 e. The molecule has 134 valence electrons. The van der Waals surface area contributed by atoms with E-state index < -0.39 is 0 Å². The lowest BCUT2D eigenvalue weighted by Gasteiger charge is -2.11. The van der Waals surface area contributed by atoms with Gasteiger partial charge in [0.25, 0.3) is 5.91 Å². The Labute approximate surface area is 167 Å². The molecule has 26 heavy (non-hydrogen) atoms. The SMILES string of the molecule is O=C1NC(=S)S/C1=C\c1cc(Br)ccc1OCCOc1ccc[n+]([O-])c1. The number of hydrogen-bond acceptors (Lipinski definition) is 6. The van der Waals surface area contributed by atoms with Crippen LogP contribution in [-0.2, 0) is 4.79 Å². The van der Waals surface area contributed by atoms with Gasteiger partial charge < -0.3 is 20.0 Å². The maximum Gasteiger partial charge on any atom is 0.263 e. The number of amides is 1. The highest BCUT2D eigenvalue weighted by molar-refractivity contribution is 9.10. The van der Waals surface area contributed by atoms with E-state index in [1.54, 1.807) is 24.3 Å². The van der Waals surface area contributed by atoms with Crippen LogP contribution in [0.2, 0.25) is 0 Å². The third-order valence-electron chi connectivity index (χ3n) is 3.26. The van der Waals surface area contributed by atoms with E-state index in [9.17, 15) is 10.0 Å². The molecule has 0 unspecified atom stereocenters. The number of ether oxygens (including phenoxy) is 2. The van der Waals surface area contributed by atoms with Crippen LogP contribution in [0.4, 0.5) is 0 Å². The van der Waals surface area contributed by atoms with Gasteiger partial charge in [0, 0.05) is 16.1 Å². The van der Waals surface area contributed by atoms with Crippen LogP contribution in [0.3, 0.4) is 0 Å². The molecule has 6 nitrogen and oxygen atoms in total. The predicted molar refractivity (Wildman–Crippen MR) is 107 cm³/mol. The Hall–Kier alpha value is -2.10. The summed E-state index contributed by atoms with van der Waals surface area (Å²) < 4.78 is 13.2. The molecule has 1 amide bonds. The van der Waals surface area contributed by atoms with Crippen molar-refractivity contribution in [2.75, 3.05) is 13.2 Å². The average Bonchev–Trinajstić information content (AvgIpc) is 2.90. The summed E-state index contributed by atoms with van der Waals surface area (Å²) in [5.41, 5.74) is 0.749. The molecule has 1 aromatic carbocycles. The molecule has 0 radical (unpaired) electrons. The number of thioether (sulfide) groups is 1. The van der Waals surface area contributed by atoms with Gasteiger partial charge in [-0.25, -0.2) is 0 Å². The van der Waals surface area contributed by atoms with E-state index in [-0.39, 0.29) is 19.1 Å².